The molecule has 2 heterocycles. The number of pyridine rings is 1. The van der Waals surface area contributed by atoms with Crippen LogP contribution in [0.15, 0.2) is 40.9 Å². The minimum Gasteiger partial charge on any atom is -0.477 e. The van der Waals surface area contributed by atoms with Gasteiger partial charge in [0, 0.05) is 31.4 Å². The highest BCUT2D eigenvalue weighted by Gasteiger charge is 2.23. The van der Waals surface area contributed by atoms with E-state index in [-0.39, 0.29) is 16.3 Å². The van der Waals surface area contributed by atoms with Crippen molar-refractivity contribution in [3.63, 3.8) is 0 Å². The van der Waals surface area contributed by atoms with Crippen LogP contribution in [0.1, 0.15) is 15.2 Å². The minimum atomic E-state index is -3.70. The third kappa shape index (κ3) is 3.03. The Labute approximate surface area is 120 Å². The number of hydrogen-bond acceptors (Lipinski definition) is 5. The molecule has 0 saturated heterocycles. The fourth-order valence-corrected chi connectivity index (χ4v) is 3.84. The highest BCUT2D eigenvalue weighted by atomic mass is 32.2. The first-order valence-electron chi connectivity index (χ1n) is 5.58. The van der Waals surface area contributed by atoms with Crippen molar-refractivity contribution in [2.75, 3.05) is 7.05 Å². The van der Waals surface area contributed by atoms with Crippen LogP contribution in [0, 0.1) is 0 Å². The quantitative estimate of drug-likeness (QED) is 0.907. The Morgan fingerprint density at radius 3 is 2.80 bits per heavy atom. The molecule has 0 saturated carbocycles. The lowest BCUT2D eigenvalue weighted by Gasteiger charge is -2.15. The third-order valence-corrected chi connectivity index (χ3v) is 5.47. The van der Waals surface area contributed by atoms with Gasteiger partial charge in [0.2, 0.25) is 10.0 Å². The molecule has 106 valence electrons. The maximum Gasteiger partial charge on any atom is 0.345 e. The second-order valence-corrected chi connectivity index (χ2v) is 7.03. The monoisotopic (exact) mass is 312 g/mol. The molecular formula is C12H12N2O4S2. The molecule has 0 aliphatic carbocycles. The van der Waals surface area contributed by atoms with Gasteiger partial charge >= 0.3 is 5.97 Å². The number of carboxylic acids is 1. The Morgan fingerprint density at radius 2 is 2.25 bits per heavy atom. The first-order valence-corrected chi connectivity index (χ1v) is 7.90. The maximum absolute atomic E-state index is 12.3. The molecule has 0 radical (unpaired) electrons. The Morgan fingerprint density at radius 1 is 1.50 bits per heavy atom. The van der Waals surface area contributed by atoms with E-state index in [0.717, 1.165) is 21.2 Å². The van der Waals surface area contributed by atoms with Crippen molar-refractivity contribution in [3.05, 3.63) is 46.4 Å². The van der Waals surface area contributed by atoms with Crippen LogP contribution in [0.3, 0.4) is 0 Å². The molecule has 0 aliphatic heterocycles. The molecule has 0 unspecified atom stereocenters. The summed E-state index contributed by atoms with van der Waals surface area (Å²) in [5.41, 5.74) is 0.757. The summed E-state index contributed by atoms with van der Waals surface area (Å²) in [6.07, 6.45) is 3.19. The van der Waals surface area contributed by atoms with E-state index in [2.05, 4.69) is 4.98 Å². The fourth-order valence-electron chi connectivity index (χ4n) is 1.58. The molecule has 8 heteroatoms. The number of aromatic nitrogens is 1. The average Bonchev–Trinajstić information content (AvgIpc) is 2.90. The summed E-state index contributed by atoms with van der Waals surface area (Å²) in [5, 5.41) is 10.2. The predicted octanol–water partition coefficient (Wildman–Crippen LogP) is 1.66. The van der Waals surface area contributed by atoms with Crippen molar-refractivity contribution in [1.29, 1.82) is 0 Å². The molecule has 0 aromatic carbocycles. The molecule has 0 fully saturated rings. The highest BCUT2D eigenvalue weighted by molar-refractivity contribution is 7.89. The van der Waals surface area contributed by atoms with E-state index in [9.17, 15) is 13.2 Å². The van der Waals surface area contributed by atoms with Gasteiger partial charge in [-0.3, -0.25) is 4.98 Å². The Kier molecular flexibility index (Phi) is 4.17. The topological polar surface area (TPSA) is 87.6 Å². The zero-order valence-electron chi connectivity index (χ0n) is 10.6. The van der Waals surface area contributed by atoms with Gasteiger partial charge in [0.25, 0.3) is 0 Å². The van der Waals surface area contributed by atoms with Gasteiger partial charge in [0.1, 0.15) is 4.88 Å². The summed E-state index contributed by atoms with van der Waals surface area (Å²) >= 11 is 0.891. The smallest absolute Gasteiger partial charge is 0.345 e. The van der Waals surface area contributed by atoms with Gasteiger partial charge in [0.15, 0.2) is 0 Å². The molecule has 0 aliphatic rings. The van der Waals surface area contributed by atoms with E-state index in [4.69, 9.17) is 5.11 Å². The van der Waals surface area contributed by atoms with E-state index < -0.39 is 16.0 Å². The third-order valence-electron chi connectivity index (χ3n) is 2.62. The summed E-state index contributed by atoms with van der Waals surface area (Å²) in [4.78, 5) is 14.7. The maximum atomic E-state index is 12.3. The summed E-state index contributed by atoms with van der Waals surface area (Å²) < 4.78 is 25.7. The molecule has 1 N–H and O–H groups in total. The van der Waals surface area contributed by atoms with Gasteiger partial charge in [0.05, 0.1) is 4.90 Å². The number of carbonyl (C=O) groups is 1. The van der Waals surface area contributed by atoms with Gasteiger partial charge in [-0.15, -0.1) is 11.3 Å². The normalized spacial score (nSPS) is 11.7. The van der Waals surface area contributed by atoms with Crippen LogP contribution in [-0.4, -0.2) is 35.8 Å². The predicted molar refractivity (Wildman–Crippen MR) is 74.2 cm³/mol. The minimum absolute atomic E-state index is 0.00153. The molecule has 0 bridgehead atoms. The second-order valence-electron chi connectivity index (χ2n) is 4.07. The second kappa shape index (κ2) is 5.70. The lowest BCUT2D eigenvalue weighted by atomic mass is 10.3. The molecule has 6 nitrogen and oxygen atoms in total. The highest BCUT2D eigenvalue weighted by Crippen LogP contribution is 2.23. The van der Waals surface area contributed by atoms with Crippen molar-refractivity contribution >= 4 is 27.3 Å². The molecule has 2 aromatic rings. The lowest BCUT2D eigenvalue weighted by molar-refractivity contribution is 0.0702. The van der Waals surface area contributed by atoms with E-state index >= 15 is 0 Å². The molecule has 0 atom stereocenters. The Hall–Kier alpha value is -1.77. The number of hydrogen-bond donors (Lipinski definition) is 1. The van der Waals surface area contributed by atoms with Crippen LogP contribution in [0.4, 0.5) is 0 Å². The summed E-state index contributed by atoms with van der Waals surface area (Å²) in [6, 6.07) is 4.67. The molecule has 20 heavy (non-hydrogen) atoms. The summed E-state index contributed by atoms with van der Waals surface area (Å²) in [5.74, 6) is -1.13. The first kappa shape index (κ1) is 14.6. The largest absolute Gasteiger partial charge is 0.477 e. The molecule has 0 spiro atoms. The number of thiophene rings is 1. The molecule has 2 aromatic heterocycles. The van der Waals surface area contributed by atoms with Crippen LogP contribution >= 0.6 is 11.3 Å². The number of aromatic carboxylic acids is 1. The van der Waals surface area contributed by atoms with Gasteiger partial charge in [-0.25, -0.2) is 13.2 Å². The zero-order chi connectivity index (χ0) is 14.8. The van der Waals surface area contributed by atoms with Gasteiger partial charge in [-0.1, -0.05) is 6.07 Å². The van der Waals surface area contributed by atoms with Gasteiger partial charge < -0.3 is 5.11 Å². The van der Waals surface area contributed by atoms with Crippen molar-refractivity contribution in [2.24, 2.45) is 0 Å². The van der Waals surface area contributed by atoms with Crippen LogP contribution in [0.5, 0.6) is 0 Å². The van der Waals surface area contributed by atoms with Crippen molar-refractivity contribution in [1.82, 2.24) is 9.29 Å². The first-order chi connectivity index (χ1) is 9.41. The summed E-state index contributed by atoms with van der Waals surface area (Å²) in [7, 11) is -2.25. The number of nitrogens with zero attached hydrogens (tertiary/aromatic N) is 2. The number of carboxylic acid groups (broad SMARTS) is 1. The van der Waals surface area contributed by atoms with Gasteiger partial charge in [-0.05, 0) is 17.7 Å². The Bertz CT molecular complexity index is 710. The van der Waals surface area contributed by atoms with Crippen molar-refractivity contribution in [3.8, 4) is 0 Å². The van der Waals surface area contributed by atoms with Crippen LogP contribution in [0.2, 0.25) is 0 Å². The SMILES string of the molecule is CN(Cc1cccnc1)S(=O)(=O)c1csc(C(=O)O)c1. The van der Waals surface area contributed by atoms with E-state index in [1.165, 1.54) is 18.5 Å². The summed E-state index contributed by atoms with van der Waals surface area (Å²) in [6.45, 7) is 0.175. The van der Waals surface area contributed by atoms with Crippen LogP contribution in [-0.2, 0) is 16.6 Å². The van der Waals surface area contributed by atoms with E-state index in [0.29, 0.717) is 0 Å². The molecular weight excluding hydrogens is 300 g/mol. The molecule has 2 rings (SSSR count). The Balaban J connectivity index is 2.23. The van der Waals surface area contributed by atoms with E-state index in [1.807, 2.05) is 0 Å². The standard InChI is InChI=1S/C12H12N2O4S2/c1-14(7-9-3-2-4-13-6-9)20(17,18)10-5-11(12(15)16)19-8-10/h2-6,8H,7H2,1H3,(H,15,16). The number of sulfonamides is 1. The van der Waals surface area contributed by atoms with Crippen LogP contribution in [0.25, 0.3) is 0 Å². The van der Waals surface area contributed by atoms with Crippen molar-refractivity contribution in [2.45, 2.75) is 11.4 Å². The molecule has 0 amide bonds. The average molecular weight is 312 g/mol. The van der Waals surface area contributed by atoms with E-state index in [1.54, 1.807) is 24.5 Å². The van der Waals surface area contributed by atoms with Gasteiger partial charge in [-0.2, -0.15) is 4.31 Å². The van der Waals surface area contributed by atoms with Crippen LogP contribution < -0.4 is 0 Å². The lowest BCUT2D eigenvalue weighted by Crippen LogP contribution is -2.26. The fraction of sp³-hybridized carbons (Fsp3) is 0.167. The zero-order valence-corrected chi connectivity index (χ0v) is 12.2. The van der Waals surface area contributed by atoms with Crippen molar-refractivity contribution < 1.29 is 18.3 Å². The number of rotatable bonds is 5.